The second-order valence-corrected chi connectivity index (χ2v) is 10.0. The molecule has 2 aromatic heterocycles. The maximum Gasteiger partial charge on any atom is 0.272 e. The molecule has 2 fully saturated rings. The van der Waals surface area contributed by atoms with Crippen molar-refractivity contribution >= 4 is 5.91 Å². The summed E-state index contributed by atoms with van der Waals surface area (Å²) in [6.07, 6.45) is 6.21. The van der Waals surface area contributed by atoms with E-state index in [4.69, 9.17) is 4.74 Å². The quantitative estimate of drug-likeness (QED) is 0.567. The van der Waals surface area contributed by atoms with Gasteiger partial charge in [-0.2, -0.15) is 9.83 Å². The van der Waals surface area contributed by atoms with Crippen molar-refractivity contribution in [2.24, 2.45) is 11.3 Å². The van der Waals surface area contributed by atoms with Gasteiger partial charge in [0.05, 0.1) is 25.1 Å². The molecular formula is C22H30N6O3. The predicted octanol–water partition coefficient (Wildman–Crippen LogP) is 1.04. The van der Waals surface area contributed by atoms with Crippen LogP contribution >= 0.6 is 0 Å². The minimum absolute atomic E-state index is 0.0199. The van der Waals surface area contributed by atoms with E-state index in [1.54, 1.807) is 4.68 Å². The lowest BCUT2D eigenvalue weighted by atomic mass is 9.86. The molecule has 1 saturated carbocycles. The van der Waals surface area contributed by atoms with Gasteiger partial charge < -0.3 is 15.3 Å². The number of rotatable bonds is 5. The van der Waals surface area contributed by atoms with E-state index in [-0.39, 0.29) is 17.4 Å². The number of nitrogens with one attached hydrogen (secondary N) is 1. The highest BCUT2D eigenvalue weighted by molar-refractivity contribution is 5.94. The Morgan fingerprint density at radius 1 is 1.39 bits per heavy atom. The van der Waals surface area contributed by atoms with E-state index >= 15 is 0 Å². The smallest absolute Gasteiger partial charge is 0.272 e. The number of carbonyl (C=O) groups is 1. The summed E-state index contributed by atoms with van der Waals surface area (Å²) in [6, 6.07) is -0.0199. The van der Waals surface area contributed by atoms with Crippen LogP contribution in [0.1, 0.15) is 54.9 Å². The van der Waals surface area contributed by atoms with Gasteiger partial charge in [-0.1, -0.05) is 20.8 Å². The van der Waals surface area contributed by atoms with Gasteiger partial charge in [0.1, 0.15) is 0 Å². The average molecular weight is 427 g/mol. The molecule has 31 heavy (non-hydrogen) atoms. The molecule has 9 nitrogen and oxygen atoms in total. The molecule has 9 heteroatoms. The fraction of sp³-hybridized carbons (Fsp3) is 0.636. The minimum Gasteiger partial charge on any atom is -0.619 e. The van der Waals surface area contributed by atoms with E-state index in [1.165, 1.54) is 18.6 Å². The zero-order chi connectivity index (χ0) is 21.8. The molecule has 1 N–H and O–H groups in total. The fourth-order valence-corrected chi connectivity index (χ4v) is 4.75. The van der Waals surface area contributed by atoms with Crippen molar-refractivity contribution in [3.63, 3.8) is 0 Å². The molecule has 166 valence electrons. The summed E-state index contributed by atoms with van der Waals surface area (Å²) in [5, 5.41) is 19.7. The second kappa shape index (κ2) is 7.56. The normalized spacial score (nSPS) is 23.8. The molecule has 3 heterocycles. The molecule has 5 rings (SSSR count). The Hall–Kier alpha value is -2.52. The third-order valence-corrected chi connectivity index (χ3v) is 6.75. The molecule has 0 radical (unpaired) electrons. The van der Waals surface area contributed by atoms with Crippen molar-refractivity contribution < 1.29 is 14.3 Å². The molecule has 1 aliphatic heterocycles. The van der Waals surface area contributed by atoms with Crippen LogP contribution in [0.2, 0.25) is 0 Å². The topological polar surface area (TPSA) is 99.2 Å². The van der Waals surface area contributed by atoms with Crippen LogP contribution < -0.4 is 10.0 Å². The molecule has 1 saturated heterocycles. The largest absolute Gasteiger partial charge is 0.619 e. The number of hydrogen-bond acceptors (Lipinski definition) is 6. The van der Waals surface area contributed by atoms with Crippen LogP contribution in [0.4, 0.5) is 0 Å². The SMILES string of the molecule is CC(C)(C)[C@@H](CN1CCOCC1)NC(=O)c1nn(-c2c[n+]([O-])ccn2)c2c1C[C@@H]1C[C@H]21. The molecule has 1 amide bonds. The highest BCUT2D eigenvalue weighted by Crippen LogP contribution is 2.57. The summed E-state index contributed by atoms with van der Waals surface area (Å²) >= 11 is 0. The van der Waals surface area contributed by atoms with Gasteiger partial charge in [-0.05, 0) is 24.2 Å². The first kappa shape index (κ1) is 20.4. The van der Waals surface area contributed by atoms with Gasteiger partial charge in [0.25, 0.3) is 5.91 Å². The Kier molecular flexibility index (Phi) is 4.97. The lowest BCUT2D eigenvalue weighted by Crippen LogP contribution is -2.52. The molecule has 3 atom stereocenters. The molecular weight excluding hydrogens is 396 g/mol. The van der Waals surface area contributed by atoms with Gasteiger partial charge >= 0.3 is 0 Å². The summed E-state index contributed by atoms with van der Waals surface area (Å²) in [5.41, 5.74) is 2.44. The Bertz CT molecular complexity index is 992. The highest BCUT2D eigenvalue weighted by Gasteiger charge is 2.50. The first-order chi connectivity index (χ1) is 14.8. The van der Waals surface area contributed by atoms with Crippen LogP contribution in [0, 0.1) is 16.5 Å². The van der Waals surface area contributed by atoms with Crippen molar-refractivity contribution in [3.05, 3.63) is 40.7 Å². The van der Waals surface area contributed by atoms with Crippen molar-refractivity contribution in [2.75, 3.05) is 32.8 Å². The van der Waals surface area contributed by atoms with Gasteiger partial charge in [-0.25, -0.2) is 9.67 Å². The maximum absolute atomic E-state index is 13.4. The van der Waals surface area contributed by atoms with E-state index in [9.17, 15) is 10.0 Å². The van der Waals surface area contributed by atoms with Gasteiger partial charge in [0.2, 0.25) is 12.0 Å². The Morgan fingerprint density at radius 2 is 2.16 bits per heavy atom. The van der Waals surface area contributed by atoms with Crippen LogP contribution in [-0.2, 0) is 11.2 Å². The molecule has 3 aliphatic rings. The lowest BCUT2D eigenvalue weighted by Gasteiger charge is -2.37. The molecule has 0 unspecified atom stereocenters. The number of fused-ring (bicyclic) bond motifs is 3. The van der Waals surface area contributed by atoms with Crippen LogP contribution in [0.5, 0.6) is 0 Å². The lowest BCUT2D eigenvalue weighted by molar-refractivity contribution is -0.605. The number of morpholine rings is 1. The Morgan fingerprint density at radius 3 is 2.87 bits per heavy atom. The number of carbonyl (C=O) groups excluding carboxylic acids is 1. The third-order valence-electron chi connectivity index (χ3n) is 6.75. The van der Waals surface area contributed by atoms with Crippen LogP contribution in [0.15, 0.2) is 18.6 Å². The van der Waals surface area contributed by atoms with Gasteiger partial charge in [-0.15, -0.1) is 0 Å². The van der Waals surface area contributed by atoms with E-state index < -0.39 is 0 Å². The van der Waals surface area contributed by atoms with Crippen molar-refractivity contribution in [2.45, 2.75) is 45.6 Å². The van der Waals surface area contributed by atoms with Crippen LogP contribution in [0.25, 0.3) is 5.82 Å². The zero-order valence-corrected chi connectivity index (χ0v) is 18.4. The Labute approximate surface area is 182 Å². The highest BCUT2D eigenvalue weighted by atomic mass is 16.5. The fourth-order valence-electron chi connectivity index (χ4n) is 4.75. The standard InChI is InChI=1S/C22H30N6O3/c1-22(2,3)17(12-26-6-8-31-9-7-26)24-21(29)19-16-11-14-10-15(14)20(16)28(25-19)18-13-27(30)5-4-23-18/h4-5,13-15,17H,6-12H2,1-3H3,(H,24,29)/t14-,15-,17+/m0/s1. The number of amides is 1. The van der Waals surface area contributed by atoms with Gasteiger partial charge in [0.15, 0.2) is 11.9 Å². The predicted molar refractivity (Wildman–Crippen MR) is 113 cm³/mol. The maximum atomic E-state index is 13.4. The minimum atomic E-state index is -0.143. The van der Waals surface area contributed by atoms with Crippen LogP contribution in [0.3, 0.4) is 0 Å². The summed E-state index contributed by atoms with van der Waals surface area (Å²) in [7, 11) is 0. The molecule has 2 aliphatic carbocycles. The number of hydrogen-bond donors (Lipinski definition) is 1. The van der Waals surface area contributed by atoms with E-state index in [0.717, 1.165) is 56.9 Å². The van der Waals surface area contributed by atoms with Gasteiger partial charge in [0, 0.05) is 37.2 Å². The van der Waals surface area contributed by atoms with Crippen LogP contribution in [-0.4, -0.2) is 64.5 Å². The molecule has 0 spiro atoms. The van der Waals surface area contributed by atoms with Crippen molar-refractivity contribution in [3.8, 4) is 5.82 Å². The van der Waals surface area contributed by atoms with E-state index in [1.807, 2.05) is 0 Å². The monoisotopic (exact) mass is 426 g/mol. The third kappa shape index (κ3) is 3.92. The van der Waals surface area contributed by atoms with E-state index in [2.05, 4.69) is 41.1 Å². The summed E-state index contributed by atoms with van der Waals surface area (Å²) < 4.78 is 7.89. The molecule has 0 bridgehead atoms. The first-order valence-corrected chi connectivity index (χ1v) is 11.1. The van der Waals surface area contributed by atoms with E-state index in [0.29, 0.717) is 28.1 Å². The van der Waals surface area contributed by atoms with Gasteiger partial charge in [-0.3, -0.25) is 9.69 Å². The summed E-state index contributed by atoms with van der Waals surface area (Å²) in [4.78, 5) is 20.1. The number of ether oxygens (including phenoxy) is 1. The Balaban J connectivity index is 1.42. The average Bonchev–Trinajstić information content (AvgIpc) is 3.23. The number of nitrogens with zero attached hydrogens (tertiary/aromatic N) is 5. The zero-order valence-electron chi connectivity index (χ0n) is 18.4. The molecule has 2 aromatic rings. The van der Waals surface area contributed by atoms with Crippen molar-refractivity contribution in [1.82, 2.24) is 25.0 Å². The summed E-state index contributed by atoms with van der Waals surface area (Å²) in [5.74, 6) is 1.31. The van der Waals surface area contributed by atoms with Crippen molar-refractivity contribution in [1.29, 1.82) is 0 Å². The number of aromatic nitrogens is 4. The molecule has 0 aromatic carbocycles. The second-order valence-electron chi connectivity index (χ2n) is 10.0. The summed E-state index contributed by atoms with van der Waals surface area (Å²) in [6.45, 7) is 10.5. The first-order valence-electron chi connectivity index (χ1n) is 11.1.